The van der Waals surface area contributed by atoms with E-state index in [1.54, 1.807) is 13.8 Å². The van der Waals surface area contributed by atoms with Gasteiger partial charge in [-0.25, -0.2) is 25.9 Å². The van der Waals surface area contributed by atoms with Gasteiger partial charge in [0.15, 0.2) is 0 Å². The number of amides is 1. The summed E-state index contributed by atoms with van der Waals surface area (Å²) in [7, 11) is -7.47. The Kier molecular flexibility index (Phi) is 6.11. The van der Waals surface area contributed by atoms with Crippen LogP contribution >= 0.6 is 0 Å². The molecule has 0 atom stereocenters. The van der Waals surface area contributed by atoms with Crippen LogP contribution in [0.1, 0.15) is 27.2 Å². The first kappa shape index (κ1) is 20.8. The summed E-state index contributed by atoms with van der Waals surface area (Å²) in [4.78, 5) is 12.4. The van der Waals surface area contributed by atoms with E-state index >= 15 is 0 Å². The van der Waals surface area contributed by atoms with E-state index in [2.05, 4.69) is 4.72 Å². The lowest BCUT2D eigenvalue weighted by Gasteiger charge is -2.17. The zero-order valence-corrected chi connectivity index (χ0v) is 16.7. The van der Waals surface area contributed by atoms with Crippen molar-refractivity contribution in [3.63, 3.8) is 0 Å². The van der Waals surface area contributed by atoms with E-state index in [1.165, 1.54) is 24.3 Å². The zero-order chi connectivity index (χ0) is 19.6. The molecule has 0 unspecified atom stereocenters. The predicted octanol–water partition coefficient (Wildman–Crippen LogP) is 1.09. The number of ether oxygens (including phenoxy) is 1. The summed E-state index contributed by atoms with van der Waals surface area (Å²) in [5.41, 5.74) is -0.873. The van der Waals surface area contributed by atoms with Crippen LogP contribution in [0.3, 0.4) is 0 Å². The average Bonchev–Trinajstić information content (AvgIpc) is 2.70. The molecular formula is C16H24N2O6S2. The highest BCUT2D eigenvalue weighted by atomic mass is 32.2. The SMILES string of the molecule is CCOCCCNS(=O)(=O)c1ccc(N2C(=O)C(C)(C)CS2(=O)=O)cc1. The summed E-state index contributed by atoms with van der Waals surface area (Å²) >= 11 is 0. The molecule has 1 N–H and O–H groups in total. The third kappa shape index (κ3) is 4.43. The highest BCUT2D eigenvalue weighted by Gasteiger charge is 2.49. The monoisotopic (exact) mass is 404 g/mol. The summed E-state index contributed by atoms with van der Waals surface area (Å²) < 4.78 is 57.4. The molecule has 1 aliphatic rings. The fourth-order valence-corrected chi connectivity index (χ4v) is 5.81. The van der Waals surface area contributed by atoms with E-state index in [9.17, 15) is 21.6 Å². The van der Waals surface area contributed by atoms with Gasteiger partial charge in [-0.2, -0.15) is 0 Å². The molecule has 1 aromatic rings. The van der Waals surface area contributed by atoms with Crippen molar-refractivity contribution in [2.45, 2.75) is 32.1 Å². The first-order chi connectivity index (χ1) is 12.0. The number of carbonyl (C=O) groups excluding carboxylic acids is 1. The summed E-state index contributed by atoms with van der Waals surface area (Å²) in [6.07, 6.45) is 0.542. The number of nitrogens with zero attached hydrogens (tertiary/aromatic N) is 1. The number of hydrogen-bond donors (Lipinski definition) is 1. The van der Waals surface area contributed by atoms with Crippen LogP contribution in [-0.4, -0.2) is 48.3 Å². The van der Waals surface area contributed by atoms with Crippen LogP contribution in [-0.2, 0) is 29.6 Å². The maximum Gasteiger partial charge on any atom is 0.247 e. The normalized spacial score (nSPS) is 19.0. The van der Waals surface area contributed by atoms with Crippen molar-refractivity contribution in [2.75, 3.05) is 29.8 Å². The van der Waals surface area contributed by atoms with Gasteiger partial charge in [-0.15, -0.1) is 0 Å². The molecular weight excluding hydrogens is 380 g/mol. The van der Waals surface area contributed by atoms with E-state index in [0.717, 1.165) is 4.31 Å². The van der Waals surface area contributed by atoms with Gasteiger partial charge >= 0.3 is 0 Å². The lowest BCUT2D eigenvalue weighted by Crippen LogP contribution is -2.33. The zero-order valence-electron chi connectivity index (χ0n) is 15.1. The van der Waals surface area contributed by atoms with Crippen LogP contribution in [0, 0.1) is 5.41 Å². The number of nitrogens with one attached hydrogen (secondary N) is 1. The largest absolute Gasteiger partial charge is 0.382 e. The number of hydrogen-bond acceptors (Lipinski definition) is 6. The lowest BCUT2D eigenvalue weighted by atomic mass is 9.95. The minimum absolute atomic E-state index is 0.000893. The van der Waals surface area contributed by atoms with E-state index in [0.29, 0.717) is 19.6 Å². The minimum Gasteiger partial charge on any atom is -0.382 e. The Morgan fingerprint density at radius 2 is 1.85 bits per heavy atom. The number of rotatable bonds is 8. The van der Waals surface area contributed by atoms with Gasteiger partial charge in [-0.1, -0.05) is 0 Å². The second-order valence-corrected chi connectivity index (χ2v) is 10.2. The number of carbonyl (C=O) groups is 1. The average molecular weight is 405 g/mol. The smallest absolute Gasteiger partial charge is 0.247 e. The molecule has 1 saturated heterocycles. The maximum absolute atomic E-state index is 12.4. The number of sulfonamides is 2. The molecule has 0 bridgehead atoms. The third-order valence-corrected chi connectivity index (χ3v) is 7.42. The van der Waals surface area contributed by atoms with Crippen molar-refractivity contribution in [3.8, 4) is 0 Å². The minimum atomic E-state index is -3.76. The molecule has 0 radical (unpaired) electrons. The standard InChI is InChI=1S/C16H24N2O6S2/c1-4-24-11-5-10-17-26(22,23)14-8-6-13(7-9-14)18-15(19)16(2,3)12-25(18,20)21/h6-9,17H,4-5,10-12H2,1-3H3. The Balaban J connectivity index is 2.14. The second kappa shape index (κ2) is 7.63. The summed E-state index contributed by atoms with van der Waals surface area (Å²) in [5.74, 6) is -0.803. The van der Waals surface area contributed by atoms with Gasteiger partial charge in [0.1, 0.15) is 0 Å². The first-order valence-corrected chi connectivity index (χ1v) is 11.4. The molecule has 10 heteroatoms. The Labute approximate surface area is 154 Å². The van der Waals surface area contributed by atoms with Crippen LogP contribution in [0.5, 0.6) is 0 Å². The van der Waals surface area contributed by atoms with Gasteiger partial charge < -0.3 is 4.74 Å². The lowest BCUT2D eigenvalue weighted by molar-refractivity contribution is -0.123. The summed E-state index contributed by atoms with van der Waals surface area (Å²) in [6.45, 7) is 6.26. The van der Waals surface area contributed by atoms with Crippen molar-refractivity contribution < 1.29 is 26.4 Å². The molecule has 1 heterocycles. The first-order valence-electron chi connectivity index (χ1n) is 8.26. The van der Waals surface area contributed by atoms with Crippen LogP contribution in [0.2, 0.25) is 0 Å². The van der Waals surface area contributed by atoms with Crippen molar-refractivity contribution in [3.05, 3.63) is 24.3 Å². The molecule has 2 rings (SSSR count). The maximum atomic E-state index is 12.4. The van der Waals surface area contributed by atoms with Crippen molar-refractivity contribution >= 4 is 31.6 Å². The number of anilines is 1. The topological polar surface area (TPSA) is 110 Å². The quantitative estimate of drug-likeness (QED) is 0.650. The van der Waals surface area contributed by atoms with Crippen molar-refractivity contribution in [2.24, 2.45) is 5.41 Å². The van der Waals surface area contributed by atoms with Crippen molar-refractivity contribution in [1.29, 1.82) is 0 Å². The molecule has 0 aliphatic carbocycles. The van der Waals surface area contributed by atoms with Gasteiger partial charge in [0, 0.05) is 19.8 Å². The molecule has 8 nitrogen and oxygen atoms in total. The molecule has 1 fully saturated rings. The molecule has 0 saturated carbocycles. The molecule has 26 heavy (non-hydrogen) atoms. The molecule has 1 aromatic carbocycles. The van der Waals surface area contributed by atoms with E-state index in [4.69, 9.17) is 4.74 Å². The highest BCUT2D eigenvalue weighted by Crippen LogP contribution is 2.35. The summed E-state index contributed by atoms with van der Waals surface area (Å²) in [5, 5.41) is 0. The molecule has 0 aromatic heterocycles. The van der Waals surface area contributed by atoms with E-state index in [-0.39, 0.29) is 22.9 Å². The highest BCUT2D eigenvalue weighted by molar-refractivity contribution is 7.94. The molecule has 146 valence electrons. The van der Waals surface area contributed by atoms with Crippen LogP contribution in [0.15, 0.2) is 29.2 Å². The fraction of sp³-hybridized carbons (Fsp3) is 0.562. The van der Waals surface area contributed by atoms with Gasteiger partial charge in [-0.05, 0) is 51.5 Å². The third-order valence-electron chi connectivity index (χ3n) is 3.93. The predicted molar refractivity (Wildman–Crippen MR) is 97.8 cm³/mol. The van der Waals surface area contributed by atoms with Crippen LogP contribution in [0.25, 0.3) is 0 Å². The molecule has 1 amide bonds. The Bertz CT molecular complexity index is 861. The fourth-order valence-electron chi connectivity index (χ4n) is 2.63. The second-order valence-electron chi connectivity index (χ2n) is 6.65. The molecule has 1 aliphatic heterocycles. The Morgan fingerprint density at radius 3 is 2.35 bits per heavy atom. The van der Waals surface area contributed by atoms with Crippen molar-refractivity contribution in [1.82, 2.24) is 4.72 Å². The van der Waals surface area contributed by atoms with Crippen LogP contribution in [0.4, 0.5) is 5.69 Å². The van der Waals surface area contributed by atoms with E-state index in [1.807, 2.05) is 6.92 Å². The van der Waals surface area contributed by atoms with Gasteiger partial charge in [-0.3, -0.25) is 4.79 Å². The van der Waals surface area contributed by atoms with Gasteiger partial charge in [0.25, 0.3) is 0 Å². The Hall–Kier alpha value is -1.49. The Morgan fingerprint density at radius 1 is 1.23 bits per heavy atom. The number of benzene rings is 1. The molecule has 0 spiro atoms. The van der Waals surface area contributed by atoms with Crippen LogP contribution < -0.4 is 9.03 Å². The van der Waals surface area contributed by atoms with Gasteiger partial charge in [0.2, 0.25) is 26.0 Å². The van der Waals surface area contributed by atoms with E-state index < -0.39 is 31.4 Å². The van der Waals surface area contributed by atoms with Gasteiger partial charge in [0.05, 0.1) is 21.8 Å². The summed E-state index contributed by atoms with van der Waals surface area (Å²) in [6, 6.07) is 5.22.